The van der Waals surface area contributed by atoms with E-state index in [1.165, 1.54) is 0 Å². The summed E-state index contributed by atoms with van der Waals surface area (Å²) in [5, 5.41) is 1.41. The monoisotopic (exact) mass is 441 g/mol. The van der Waals surface area contributed by atoms with E-state index in [0.29, 0.717) is 23.0 Å². The Labute approximate surface area is 179 Å². The molecule has 0 bridgehead atoms. The van der Waals surface area contributed by atoms with E-state index in [-0.39, 0.29) is 11.6 Å². The van der Waals surface area contributed by atoms with Crippen LogP contribution in [0.2, 0.25) is 5.02 Å². The van der Waals surface area contributed by atoms with Gasteiger partial charge in [-0.25, -0.2) is 18.1 Å². The molecule has 2 aromatic carbocycles. The zero-order valence-corrected chi connectivity index (χ0v) is 17.8. The second-order valence-corrected chi connectivity index (χ2v) is 8.88. The molecule has 2 heterocycles. The van der Waals surface area contributed by atoms with Crippen molar-refractivity contribution >= 4 is 32.5 Å². The zero-order chi connectivity index (χ0) is 21.1. The van der Waals surface area contributed by atoms with Crippen molar-refractivity contribution in [3.63, 3.8) is 0 Å². The minimum Gasteiger partial charge on any atom is -0.478 e. The Morgan fingerprint density at radius 3 is 2.50 bits per heavy atom. The van der Waals surface area contributed by atoms with Crippen LogP contribution in [0, 0.1) is 0 Å². The summed E-state index contributed by atoms with van der Waals surface area (Å²) >= 11 is 5.97. The van der Waals surface area contributed by atoms with E-state index < -0.39 is 10.0 Å². The molecule has 0 fully saturated rings. The Hall–Kier alpha value is -2.87. The third kappa shape index (κ3) is 4.48. The van der Waals surface area contributed by atoms with Gasteiger partial charge in [-0.1, -0.05) is 35.9 Å². The summed E-state index contributed by atoms with van der Waals surface area (Å²) in [4.78, 5) is 7.18. The molecule has 0 radical (unpaired) electrons. The average Bonchev–Trinajstić information content (AvgIpc) is 3.18. The summed E-state index contributed by atoms with van der Waals surface area (Å²) < 4.78 is 33.3. The van der Waals surface area contributed by atoms with Gasteiger partial charge in [0, 0.05) is 40.3 Å². The molecule has 0 amide bonds. The lowest BCUT2D eigenvalue weighted by Gasteiger charge is -2.07. The summed E-state index contributed by atoms with van der Waals surface area (Å²) in [5.41, 5.74) is 3.51. The number of pyridine rings is 1. The number of rotatable bonds is 7. The van der Waals surface area contributed by atoms with E-state index in [4.69, 9.17) is 16.3 Å². The first-order chi connectivity index (χ1) is 14.4. The van der Waals surface area contributed by atoms with E-state index in [9.17, 15) is 8.42 Å². The normalized spacial score (nSPS) is 11.7. The Morgan fingerprint density at radius 1 is 1.03 bits per heavy atom. The summed E-state index contributed by atoms with van der Waals surface area (Å²) in [6.07, 6.45) is 1.75. The first kappa shape index (κ1) is 20.4. The van der Waals surface area contributed by atoms with Crippen LogP contribution in [0.5, 0.6) is 5.88 Å². The number of nitrogens with zero attached hydrogens (tertiary/aromatic N) is 1. The van der Waals surface area contributed by atoms with Crippen molar-refractivity contribution in [1.29, 1.82) is 0 Å². The number of aromatic nitrogens is 2. The van der Waals surface area contributed by atoms with E-state index in [1.807, 2.05) is 43.3 Å². The smallest absolute Gasteiger partial charge is 0.256 e. The van der Waals surface area contributed by atoms with Crippen LogP contribution in [0.25, 0.3) is 22.0 Å². The first-order valence-electron chi connectivity index (χ1n) is 9.41. The second-order valence-electron chi connectivity index (χ2n) is 6.70. The highest BCUT2D eigenvalue weighted by Crippen LogP contribution is 2.23. The Bertz CT molecular complexity index is 1270. The van der Waals surface area contributed by atoms with Crippen LogP contribution < -0.4 is 9.46 Å². The van der Waals surface area contributed by atoms with Crippen LogP contribution in [0.15, 0.2) is 71.9 Å². The van der Waals surface area contributed by atoms with E-state index in [1.54, 1.807) is 30.5 Å². The summed E-state index contributed by atoms with van der Waals surface area (Å²) in [5.74, 6) is 0.589. The van der Waals surface area contributed by atoms with Crippen molar-refractivity contribution in [1.82, 2.24) is 14.7 Å². The lowest BCUT2D eigenvalue weighted by Crippen LogP contribution is -2.23. The van der Waals surface area contributed by atoms with Gasteiger partial charge >= 0.3 is 0 Å². The molecule has 0 atom stereocenters. The van der Waals surface area contributed by atoms with Gasteiger partial charge in [0.2, 0.25) is 5.88 Å². The molecule has 4 aromatic rings. The van der Waals surface area contributed by atoms with Gasteiger partial charge in [-0.15, -0.1) is 0 Å². The van der Waals surface area contributed by atoms with Crippen LogP contribution in [0.4, 0.5) is 0 Å². The summed E-state index contributed by atoms with van der Waals surface area (Å²) in [6.45, 7) is 2.67. The van der Waals surface area contributed by atoms with E-state index in [2.05, 4.69) is 14.7 Å². The highest BCUT2D eigenvalue weighted by molar-refractivity contribution is 7.89. The third-order valence-corrected chi connectivity index (χ3v) is 6.19. The molecule has 0 aliphatic rings. The zero-order valence-electron chi connectivity index (χ0n) is 16.2. The molecule has 4 rings (SSSR count). The number of sulfonamides is 1. The van der Waals surface area contributed by atoms with Gasteiger partial charge in [-0.3, -0.25) is 0 Å². The molecule has 0 spiro atoms. The molecule has 2 aromatic heterocycles. The highest BCUT2D eigenvalue weighted by atomic mass is 35.5. The van der Waals surface area contributed by atoms with Gasteiger partial charge in [0.05, 0.1) is 6.61 Å². The van der Waals surface area contributed by atoms with Gasteiger partial charge < -0.3 is 9.72 Å². The molecule has 2 N–H and O–H groups in total. The molecule has 6 nitrogen and oxygen atoms in total. The number of benzene rings is 2. The standard InChI is InChI=1S/C22H20ClN3O3S/c1-2-29-21-10-7-17(14-24-21)16-5-3-15(4-6-16)13-25-30(27,28)22-12-18-11-19(23)8-9-20(18)26-22/h3-12,14,25-26H,2,13H2,1H3. The maximum absolute atomic E-state index is 12.6. The highest BCUT2D eigenvalue weighted by Gasteiger charge is 2.17. The average molecular weight is 442 g/mol. The molecule has 0 unspecified atom stereocenters. The SMILES string of the molecule is CCOc1ccc(-c2ccc(CNS(=O)(=O)c3cc4cc(Cl)ccc4[nH]3)cc2)cn1. The lowest BCUT2D eigenvalue weighted by atomic mass is 10.1. The molecular weight excluding hydrogens is 422 g/mol. The van der Waals surface area contributed by atoms with Crippen molar-refractivity contribution < 1.29 is 13.2 Å². The number of halogens is 1. The predicted octanol–water partition coefficient (Wildman–Crippen LogP) is 4.76. The van der Waals surface area contributed by atoms with Crippen LogP contribution in [-0.4, -0.2) is 25.0 Å². The van der Waals surface area contributed by atoms with Crippen LogP contribution in [-0.2, 0) is 16.6 Å². The minimum atomic E-state index is -3.68. The Morgan fingerprint density at radius 2 is 1.80 bits per heavy atom. The largest absolute Gasteiger partial charge is 0.478 e. The van der Waals surface area contributed by atoms with Gasteiger partial charge in [-0.2, -0.15) is 0 Å². The molecular formula is C22H20ClN3O3S. The van der Waals surface area contributed by atoms with E-state index >= 15 is 0 Å². The second kappa shape index (κ2) is 8.47. The molecule has 0 aliphatic carbocycles. The van der Waals surface area contributed by atoms with Crippen LogP contribution in [0.3, 0.4) is 0 Å². The topological polar surface area (TPSA) is 84.1 Å². The van der Waals surface area contributed by atoms with Crippen LogP contribution in [0.1, 0.15) is 12.5 Å². The molecule has 0 aliphatic heterocycles. The number of fused-ring (bicyclic) bond motifs is 1. The van der Waals surface area contributed by atoms with E-state index in [0.717, 1.165) is 22.1 Å². The fraction of sp³-hybridized carbons (Fsp3) is 0.136. The predicted molar refractivity (Wildman–Crippen MR) is 118 cm³/mol. The summed E-state index contributed by atoms with van der Waals surface area (Å²) in [6, 6.07) is 18.2. The number of H-pyrrole nitrogens is 1. The number of nitrogens with one attached hydrogen (secondary N) is 2. The molecule has 154 valence electrons. The number of ether oxygens (including phenoxy) is 1. The molecule has 8 heteroatoms. The van der Waals surface area contributed by atoms with Gasteiger partial charge in [0.15, 0.2) is 0 Å². The quantitative estimate of drug-likeness (QED) is 0.433. The number of hydrogen-bond donors (Lipinski definition) is 2. The molecule has 0 saturated heterocycles. The van der Waals surface area contributed by atoms with Crippen molar-refractivity contribution in [2.75, 3.05) is 6.61 Å². The lowest BCUT2D eigenvalue weighted by molar-refractivity contribution is 0.327. The van der Waals surface area contributed by atoms with Gasteiger partial charge in [-0.05, 0) is 48.4 Å². The molecule has 30 heavy (non-hydrogen) atoms. The fourth-order valence-electron chi connectivity index (χ4n) is 3.08. The fourth-order valence-corrected chi connectivity index (χ4v) is 4.30. The van der Waals surface area contributed by atoms with Gasteiger partial charge in [0.1, 0.15) is 5.03 Å². The number of hydrogen-bond acceptors (Lipinski definition) is 4. The maximum atomic E-state index is 12.6. The number of aromatic amines is 1. The maximum Gasteiger partial charge on any atom is 0.256 e. The van der Waals surface area contributed by atoms with Crippen molar-refractivity contribution in [3.05, 3.63) is 77.4 Å². The van der Waals surface area contributed by atoms with Gasteiger partial charge in [0.25, 0.3) is 10.0 Å². The summed E-state index contributed by atoms with van der Waals surface area (Å²) in [7, 11) is -3.68. The Kier molecular flexibility index (Phi) is 5.76. The van der Waals surface area contributed by atoms with Crippen molar-refractivity contribution in [2.24, 2.45) is 0 Å². The Balaban J connectivity index is 1.45. The first-order valence-corrected chi connectivity index (χ1v) is 11.3. The van der Waals surface area contributed by atoms with Crippen molar-refractivity contribution in [3.8, 4) is 17.0 Å². The van der Waals surface area contributed by atoms with Crippen molar-refractivity contribution in [2.45, 2.75) is 18.5 Å². The van der Waals surface area contributed by atoms with Crippen LogP contribution >= 0.6 is 11.6 Å². The molecule has 0 saturated carbocycles. The minimum absolute atomic E-state index is 0.108. The third-order valence-electron chi connectivity index (χ3n) is 4.63.